The summed E-state index contributed by atoms with van der Waals surface area (Å²) in [6.45, 7) is 3.62. The van der Waals surface area contributed by atoms with Crippen molar-refractivity contribution < 1.29 is 14.3 Å². The largest absolute Gasteiger partial charge is 0.454 e. The molecule has 2 aromatic carbocycles. The zero-order chi connectivity index (χ0) is 23.3. The number of hydrogen-bond acceptors (Lipinski definition) is 5. The van der Waals surface area contributed by atoms with Gasteiger partial charge in [0.25, 0.3) is 0 Å². The number of carbonyl (C=O) groups is 2. The van der Waals surface area contributed by atoms with E-state index in [-0.39, 0.29) is 33.2 Å². The second-order valence-corrected chi connectivity index (χ2v) is 9.17. The van der Waals surface area contributed by atoms with Gasteiger partial charge in [-0.15, -0.1) is 5.10 Å². The lowest BCUT2D eigenvalue weighted by Crippen LogP contribution is -2.45. The van der Waals surface area contributed by atoms with Crippen molar-refractivity contribution >= 4 is 52.4 Å². The average Bonchev–Trinajstić information content (AvgIpc) is 3.04. The fourth-order valence-corrected chi connectivity index (χ4v) is 5.18. The molecule has 0 unspecified atom stereocenters. The first-order valence-electron chi connectivity index (χ1n) is 10.6. The monoisotopic (exact) mass is 485 g/mol. The number of amides is 3. The number of ether oxygens (including phenoxy) is 1. The molecule has 5 rings (SSSR count). The molecule has 2 heterocycles. The highest BCUT2D eigenvalue weighted by molar-refractivity contribution is 6.37. The first kappa shape index (κ1) is 21.6. The van der Waals surface area contributed by atoms with Crippen LogP contribution < -0.4 is 26.1 Å². The van der Waals surface area contributed by atoms with E-state index >= 15 is 0 Å². The SMILES string of the molecule is C=C1NC(=O)N(c2cc(Cl)c(Oc3ccc4c(c3)C3(CCCCC3)C(=O)N4)c(Cl)c2)N=C1N. The number of fused-ring (bicyclic) bond motifs is 2. The van der Waals surface area contributed by atoms with E-state index in [0.29, 0.717) is 11.4 Å². The Balaban J connectivity index is 1.46. The molecule has 10 heteroatoms. The third-order valence-corrected chi connectivity index (χ3v) is 6.87. The highest BCUT2D eigenvalue weighted by atomic mass is 35.5. The number of urea groups is 1. The molecule has 2 aliphatic heterocycles. The van der Waals surface area contributed by atoms with Crippen LogP contribution in [0, 0.1) is 0 Å². The van der Waals surface area contributed by atoms with E-state index in [9.17, 15) is 9.59 Å². The van der Waals surface area contributed by atoms with Crippen LogP contribution in [0.5, 0.6) is 11.5 Å². The summed E-state index contributed by atoms with van der Waals surface area (Å²) >= 11 is 12.9. The van der Waals surface area contributed by atoms with E-state index < -0.39 is 11.4 Å². The first-order valence-corrected chi connectivity index (χ1v) is 11.3. The Hall–Kier alpha value is -3.23. The van der Waals surface area contributed by atoms with Gasteiger partial charge < -0.3 is 21.1 Å². The lowest BCUT2D eigenvalue weighted by molar-refractivity contribution is -0.121. The summed E-state index contributed by atoms with van der Waals surface area (Å²) in [6, 6.07) is 7.96. The maximum atomic E-state index is 12.8. The van der Waals surface area contributed by atoms with Gasteiger partial charge in [-0.05, 0) is 48.7 Å². The zero-order valence-corrected chi connectivity index (χ0v) is 19.1. The molecular weight excluding hydrogens is 465 g/mol. The van der Waals surface area contributed by atoms with E-state index in [2.05, 4.69) is 22.3 Å². The second kappa shape index (κ2) is 7.97. The molecule has 1 saturated carbocycles. The molecule has 3 amide bonds. The molecule has 2 aromatic rings. The Kier molecular flexibility index (Phi) is 5.22. The number of amidine groups is 1. The van der Waals surface area contributed by atoms with Gasteiger partial charge >= 0.3 is 6.03 Å². The summed E-state index contributed by atoms with van der Waals surface area (Å²) in [5.41, 5.74) is 7.55. The molecule has 0 bridgehead atoms. The number of nitrogens with zero attached hydrogens (tertiary/aromatic N) is 2. The van der Waals surface area contributed by atoms with Crippen molar-refractivity contribution in [3.05, 3.63) is 58.2 Å². The summed E-state index contributed by atoms with van der Waals surface area (Å²) in [4.78, 5) is 25.1. The smallest absolute Gasteiger partial charge is 0.347 e. The van der Waals surface area contributed by atoms with Crippen LogP contribution in [0.1, 0.15) is 37.7 Å². The van der Waals surface area contributed by atoms with Crippen molar-refractivity contribution in [2.75, 3.05) is 10.3 Å². The fraction of sp³-hybridized carbons (Fsp3) is 0.261. The standard InChI is InChI=1S/C23H21Cl2N5O3/c1-12-20(26)29-30(22(32)27-12)13-9-16(24)19(17(25)10-13)33-14-5-6-18-15(11-14)23(21(31)28-18)7-3-2-4-8-23/h5-6,9-11H,1-4,7-8H2,(H2,26,29)(H,27,32)(H,28,31). The summed E-state index contributed by atoms with van der Waals surface area (Å²) in [6.07, 6.45) is 4.80. The van der Waals surface area contributed by atoms with Crippen LogP contribution in [0.3, 0.4) is 0 Å². The number of halogens is 2. The third-order valence-electron chi connectivity index (χ3n) is 6.31. The van der Waals surface area contributed by atoms with Crippen molar-refractivity contribution in [3.63, 3.8) is 0 Å². The van der Waals surface area contributed by atoms with E-state index in [0.717, 1.165) is 48.4 Å². The Labute approximate surface area is 200 Å². The average molecular weight is 486 g/mol. The van der Waals surface area contributed by atoms with Crippen molar-refractivity contribution in [1.82, 2.24) is 5.32 Å². The van der Waals surface area contributed by atoms with Crippen LogP contribution >= 0.6 is 23.2 Å². The van der Waals surface area contributed by atoms with Crippen molar-refractivity contribution in [1.29, 1.82) is 0 Å². The second-order valence-electron chi connectivity index (χ2n) is 8.35. The number of rotatable bonds is 3. The maximum absolute atomic E-state index is 12.8. The van der Waals surface area contributed by atoms with Gasteiger partial charge in [-0.25, -0.2) is 4.79 Å². The van der Waals surface area contributed by atoms with E-state index in [1.807, 2.05) is 12.1 Å². The van der Waals surface area contributed by atoms with Crippen molar-refractivity contribution in [3.8, 4) is 11.5 Å². The number of anilines is 2. The number of hydrogen-bond donors (Lipinski definition) is 3. The van der Waals surface area contributed by atoms with Gasteiger partial charge in [-0.2, -0.15) is 5.01 Å². The molecule has 1 aliphatic carbocycles. The zero-order valence-electron chi connectivity index (χ0n) is 17.6. The number of nitrogens with one attached hydrogen (secondary N) is 2. The van der Waals surface area contributed by atoms with Gasteiger partial charge in [0.1, 0.15) is 5.75 Å². The van der Waals surface area contributed by atoms with Gasteiger partial charge in [0.2, 0.25) is 5.91 Å². The van der Waals surface area contributed by atoms with E-state index in [1.54, 1.807) is 6.07 Å². The third kappa shape index (κ3) is 3.59. The molecule has 33 heavy (non-hydrogen) atoms. The maximum Gasteiger partial charge on any atom is 0.347 e. The van der Waals surface area contributed by atoms with Gasteiger partial charge in [-0.3, -0.25) is 4.79 Å². The first-order chi connectivity index (χ1) is 15.8. The normalized spacial score (nSPS) is 19.2. The van der Waals surface area contributed by atoms with Crippen LogP contribution in [0.2, 0.25) is 10.0 Å². The summed E-state index contributed by atoms with van der Waals surface area (Å²) in [5, 5.41) is 11.0. The molecule has 3 aliphatic rings. The van der Waals surface area contributed by atoms with Crippen LogP contribution in [-0.4, -0.2) is 17.8 Å². The van der Waals surface area contributed by atoms with Gasteiger partial charge in [-0.1, -0.05) is 49.0 Å². The molecular formula is C23H21Cl2N5O3. The molecule has 4 N–H and O–H groups in total. The topological polar surface area (TPSA) is 109 Å². The Bertz CT molecular complexity index is 1210. The summed E-state index contributed by atoms with van der Waals surface area (Å²) in [7, 11) is 0. The molecule has 0 atom stereocenters. The number of benzene rings is 2. The quantitative estimate of drug-likeness (QED) is 0.550. The van der Waals surface area contributed by atoms with Gasteiger partial charge in [0, 0.05) is 5.69 Å². The predicted molar refractivity (Wildman–Crippen MR) is 128 cm³/mol. The minimum Gasteiger partial charge on any atom is -0.454 e. The lowest BCUT2D eigenvalue weighted by Gasteiger charge is -2.31. The summed E-state index contributed by atoms with van der Waals surface area (Å²) in [5.74, 6) is 0.869. The fourth-order valence-electron chi connectivity index (χ4n) is 4.63. The Morgan fingerprint density at radius 3 is 2.45 bits per heavy atom. The minimum absolute atomic E-state index is 0.0529. The molecule has 0 saturated heterocycles. The van der Waals surface area contributed by atoms with Gasteiger partial charge in [0.15, 0.2) is 11.6 Å². The predicted octanol–water partition coefficient (Wildman–Crippen LogP) is 5.26. The Morgan fingerprint density at radius 2 is 1.76 bits per heavy atom. The molecule has 1 fully saturated rings. The molecule has 0 aromatic heterocycles. The highest BCUT2D eigenvalue weighted by Gasteiger charge is 2.47. The van der Waals surface area contributed by atoms with E-state index in [4.69, 9.17) is 33.7 Å². The molecule has 8 nitrogen and oxygen atoms in total. The van der Waals surface area contributed by atoms with Crippen molar-refractivity contribution in [2.24, 2.45) is 10.8 Å². The Morgan fingerprint density at radius 1 is 1.06 bits per heavy atom. The molecule has 1 spiro atoms. The van der Waals surface area contributed by atoms with Crippen LogP contribution in [0.25, 0.3) is 0 Å². The van der Waals surface area contributed by atoms with Crippen LogP contribution in [-0.2, 0) is 10.2 Å². The highest BCUT2D eigenvalue weighted by Crippen LogP contribution is 2.49. The van der Waals surface area contributed by atoms with Crippen LogP contribution in [0.15, 0.2) is 47.7 Å². The number of hydrazone groups is 1. The summed E-state index contributed by atoms with van der Waals surface area (Å²) < 4.78 is 6.05. The number of carbonyl (C=O) groups excluding carboxylic acids is 2. The van der Waals surface area contributed by atoms with E-state index in [1.165, 1.54) is 12.1 Å². The molecule has 0 radical (unpaired) electrons. The van der Waals surface area contributed by atoms with Crippen molar-refractivity contribution in [2.45, 2.75) is 37.5 Å². The lowest BCUT2D eigenvalue weighted by atomic mass is 9.70. The van der Waals surface area contributed by atoms with Gasteiger partial charge in [0.05, 0.1) is 26.8 Å². The minimum atomic E-state index is -0.538. The van der Waals surface area contributed by atoms with Crippen LogP contribution in [0.4, 0.5) is 16.2 Å². The number of nitrogens with two attached hydrogens (primary N) is 1. The molecule has 170 valence electrons.